The van der Waals surface area contributed by atoms with Crippen LogP contribution in [0.1, 0.15) is 11.3 Å². The number of nitrogens with zero attached hydrogens (tertiary/aromatic N) is 4. The smallest absolute Gasteiger partial charge is 0.291 e. The van der Waals surface area contributed by atoms with Crippen LogP contribution in [0.15, 0.2) is 65.4 Å². The summed E-state index contributed by atoms with van der Waals surface area (Å²) in [5, 5.41) is 25.5. The summed E-state index contributed by atoms with van der Waals surface area (Å²) < 4.78 is 61.9. The third-order valence-corrected chi connectivity index (χ3v) is 8.48. The SMILES string of the molecule is Cc1ccc(S(=O)(=O)N=[S@](C)(=O)NCCNc2nonc2/C(=N/O)Nc2ccc(F)c(Br)c2)cc1. The molecule has 0 amide bonds. The van der Waals surface area contributed by atoms with Crippen LogP contribution in [0.3, 0.4) is 0 Å². The first-order chi connectivity index (χ1) is 16.5. The van der Waals surface area contributed by atoms with Gasteiger partial charge in [0.15, 0.2) is 5.69 Å². The van der Waals surface area contributed by atoms with Gasteiger partial charge in [0.2, 0.25) is 11.7 Å². The monoisotopic (exact) mass is 589 g/mol. The summed E-state index contributed by atoms with van der Waals surface area (Å²) in [6.07, 6.45) is 1.17. The van der Waals surface area contributed by atoms with Crippen LogP contribution in [-0.4, -0.2) is 53.3 Å². The number of rotatable bonds is 9. The van der Waals surface area contributed by atoms with Gasteiger partial charge in [0.05, 0.1) is 9.37 Å². The van der Waals surface area contributed by atoms with Crippen molar-refractivity contribution in [3.63, 3.8) is 0 Å². The lowest BCUT2D eigenvalue weighted by atomic mass is 10.2. The summed E-state index contributed by atoms with van der Waals surface area (Å²) in [5.41, 5.74) is 1.28. The number of oxime groups is 1. The van der Waals surface area contributed by atoms with Crippen LogP contribution < -0.4 is 15.4 Å². The summed E-state index contributed by atoms with van der Waals surface area (Å²) >= 11 is 3.06. The van der Waals surface area contributed by atoms with E-state index >= 15 is 0 Å². The number of benzene rings is 2. The average molecular weight is 590 g/mol. The second-order valence-electron chi connectivity index (χ2n) is 7.15. The molecule has 12 nitrogen and oxygen atoms in total. The highest BCUT2D eigenvalue weighted by atomic mass is 79.9. The third-order valence-electron chi connectivity index (χ3n) is 4.34. The number of hydrogen-bond donors (Lipinski definition) is 4. The van der Waals surface area contributed by atoms with Crippen LogP contribution >= 0.6 is 15.9 Å². The molecule has 188 valence electrons. The van der Waals surface area contributed by atoms with Gasteiger partial charge in [0.25, 0.3) is 10.0 Å². The zero-order valence-corrected chi connectivity index (χ0v) is 21.6. The van der Waals surface area contributed by atoms with Gasteiger partial charge in [-0.25, -0.2) is 18.0 Å². The highest BCUT2D eigenvalue weighted by molar-refractivity contribution is 9.10. The Kier molecular flexibility index (Phi) is 8.42. The van der Waals surface area contributed by atoms with Crippen LogP contribution in [0, 0.1) is 12.7 Å². The number of sulfonamides is 1. The zero-order chi connectivity index (χ0) is 25.6. The molecule has 2 aromatic carbocycles. The van der Waals surface area contributed by atoms with E-state index in [0.29, 0.717) is 5.69 Å². The fourth-order valence-corrected chi connectivity index (χ4v) is 6.08. The second-order valence-corrected chi connectivity index (χ2v) is 11.9. The Morgan fingerprint density at radius 3 is 2.51 bits per heavy atom. The molecule has 0 saturated heterocycles. The summed E-state index contributed by atoms with van der Waals surface area (Å²) in [5.74, 6) is -0.527. The molecule has 0 spiro atoms. The van der Waals surface area contributed by atoms with Crippen LogP contribution in [0.4, 0.5) is 15.9 Å². The number of hydrogen-bond acceptors (Lipinski definition) is 9. The normalized spacial score (nSPS) is 13.8. The predicted octanol–water partition coefficient (Wildman–Crippen LogP) is 2.93. The quantitative estimate of drug-likeness (QED) is 0.0962. The van der Waals surface area contributed by atoms with Gasteiger partial charge in [0, 0.05) is 25.0 Å². The number of halogens is 2. The van der Waals surface area contributed by atoms with Crippen LogP contribution in [0.5, 0.6) is 0 Å². The van der Waals surface area contributed by atoms with E-state index in [4.69, 9.17) is 4.63 Å². The lowest BCUT2D eigenvalue weighted by Crippen LogP contribution is -2.29. The molecule has 3 aromatic rings. The second kappa shape index (κ2) is 11.1. The first-order valence-corrected chi connectivity index (χ1v) is 14.0. The number of amidine groups is 1. The van der Waals surface area contributed by atoms with E-state index in [1.54, 1.807) is 12.1 Å². The number of aryl methyl sites for hydroxylation is 1. The molecule has 0 fully saturated rings. The van der Waals surface area contributed by atoms with Crippen molar-refractivity contribution in [2.45, 2.75) is 11.8 Å². The standard InChI is InChI=1S/C19H21BrFN7O5S2/c1-12-3-6-14(7-4-12)35(31,32)28-34(2,30)23-10-9-22-18-17(26-33-27-18)19(25-29)24-13-5-8-16(21)15(20)11-13/h3-8,11,29H,9-10H2,1-2H3,(H,22,27)(H,24,25)(H,23,28,30)/t34-/m1/s1. The molecular weight excluding hydrogens is 569 g/mol. The maximum Gasteiger partial charge on any atom is 0.291 e. The minimum atomic E-state index is -4.12. The lowest BCUT2D eigenvalue weighted by Gasteiger charge is -2.10. The van der Waals surface area contributed by atoms with Crippen molar-refractivity contribution in [1.29, 1.82) is 0 Å². The molecule has 35 heavy (non-hydrogen) atoms. The Hall–Kier alpha value is -3.08. The van der Waals surface area contributed by atoms with Gasteiger partial charge in [-0.05, 0) is 63.5 Å². The number of nitrogens with one attached hydrogen (secondary N) is 3. The largest absolute Gasteiger partial charge is 0.409 e. The third kappa shape index (κ3) is 7.20. The van der Waals surface area contributed by atoms with Crippen molar-refractivity contribution in [3.05, 3.63) is 64.0 Å². The Labute approximate surface area is 209 Å². The van der Waals surface area contributed by atoms with Crippen LogP contribution in [-0.2, 0) is 19.9 Å². The van der Waals surface area contributed by atoms with Crippen molar-refractivity contribution in [3.8, 4) is 0 Å². The molecule has 4 N–H and O–H groups in total. The van der Waals surface area contributed by atoms with Crippen molar-refractivity contribution in [2.24, 2.45) is 8.92 Å². The first-order valence-electron chi connectivity index (χ1n) is 9.81. The fraction of sp³-hybridized carbons (Fsp3) is 0.211. The van der Waals surface area contributed by atoms with Gasteiger partial charge in [-0.3, -0.25) is 0 Å². The molecule has 0 aliphatic carbocycles. The van der Waals surface area contributed by atoms with Crippen LogP contribution in [0.25, 0.3) is 0 Å². The van der Waals surface area contributed by atoms with E-state index in [9.17, 15) is 22.2 Å². The van der Waals surface area contributed by atoms with Crippen LogP contribution in [0.2, 0.25) is 0 Å². The number of anilines is 2. The minimum Gasteiger partial charge on any atom is -0.409 e. The molecule has 0 aliphatic rings. The average Bonchev–Trinajstić information content (AvgIpc) is 3.25. The van der Waals surface area contributed by atoms with E-state index in [1.165, 1.54) is 36.6 Å². The zero-order valence-electron chi connectivity index (χ0n) is 18.4. The van der Waals surface area contributed by atoms with Crippen molar-refractivity contribution >= 4 is 53.2 Å². The van der Waals surface area contributed by atoms with E-state index in [1.807, 2.05) is 6.92 Å². The van der Waals surface area contributed by atoms with E-state index < -0.39 is 25.8 Å². The lowest BCUT2D eigenvalue weighted by molar-refractivity contribution is 0.305. The molecule has 16 heteroatoms. The molecule has 1 heterocycles. The highest BCUT2D eigenvalue weighted by Crippen LogP contribution is 2.21. The maximum absolute atomic E-state index is 13.4. The molecule has 1 atom stereocenters. The van der Waals surface area contributed by atoms with Gasteiger partial charge >= 0.3 is 0 Å². The molecule has 0 bridgehead atoms. The first kappa shape index (κ1) is 26.5. The molecule has 0 radical (unpaired) electrons. The summed E-state index contributed by atoms with van der Waals surface area (Å²) in [6, 6.07) is 10.1. The van der Waals surface area contributed by atoms with Crippen molar-refractivity contribution < 1.29 is 26.9 Å². The molecule has 0 unspecified atom stereocenters. The summed E-state index contributed by atoms with van der Waals surface area (Å²) in [4.78, 5) is -0.0626. The summed E-state index contributed by atoms with van der Waals surface area (Å²) in [7, 11) is -7.41. The van der Waals surface area contributed by atoms with E-state index in [0.717, 1.165) is 5.56 Å². The van der Waals surface area contributed by atoms with Crippen molar-refractivity contribution in [1.82, 2.24) is 15.0 Å². The molecule has 3 rings (SSSR count). The Balaban J connectivity index is 1.62. The van der Waals surface area contributed by atoms with Gasteiger partial charge in [0.1, 0.15) is 15.7 Å². The topological polar surface area (TPSA) is 171 Å². The Bertz CT molecular complexity index is 1450. The fourth-order valence-electron chi connectivity index (χ4n) is 2.69. The van der Waals surface area contributed by atoms with E-state index in [-0.39, 0.29) is 39.8 Å². The highest BCUT2D eigenvalue weighted by Gasteiger charge is 2.19. The number of aromatic nitrogens is 2. The minimum absolute atomic E-state index is 0.0109. The van der Waals surface area contributed by atoms with Crippen molar-refractivity contribution in [2.75, 3.05) is 30.0 Å². The maximum atomic E-state index is 13.4. The molecule has 1 aromatic heterocycles. The Morgan fingerprint density at radius 1 is 1.14 bits per heavy atom. The summed E-state index contributed by atoms with van der Waals surface area (Å²) in [6.45, 7) is 1.94. The van der Waals surface area contributed by atoms with E-state index in [2.05, 4.69) is 50.5 Å². The molecular formula is C19H21BrFN7O5S2. The molecule has 0 saturated carbocycles. The Morgan fingerprint density at radius 2 is 1.86 bits per heavy atom. The van der Waals surface area contributed by atoms with Gasteiger partial charge in [-0.2, -0.15) is 8.42 Å². The van der Waals surface area contributed by atoms with Gasteiger partial charge < -0.3 is 15.8 Å². The molecule has 0 aliphatic heterocycles. The van der Waals surface area contributed by atoms with Gasteiger partial charge in [-0.1, -0.05) is 26.6 Å². The predicted molar refractivity (Wildman–Crippen MR) is 132 cm³/mol. The van der Waals surface area contributed by atoms with Gasteiger partial charge in [-0.15, -0.1) is 0 Å².